The minimum atomic E-state index is -0.0465. The van der Waals surface area contributed by atoms with Crippen molar-refractivity contribution in [2.45, 2.75) is 26.3 Å². The zero-order chi connectivity index (χ0) is 12.4. The molecule has 0 aliphatic rings. The highest BCUT2D eigenvalue weighted by molar-refractivity contribution is 5.34. The van der Waals surface area contributed by atoms with Gasteiger partial charge in [0.15, 0.2) is 0 Å². The van der Waals surface area contributed by atoms with Gasteiger partial charge in [-0.1, -0.05) is 18.2 Å². The molecule has 17 heavy (non-hydrogen) atoms. The van der Waals surface area contributed by atoms with Crippen LogP contribution >= 0.6 is 0 Å². The molecular weight excluding hydrogens is 210 g/mol. The van der Waals surface area contributed by atoms with E-state index in [1.165, 1.54) is 16.7 Å². The van der Waals surface area contributed by atoms with Crippen LogP contribution in [-0.4, -0.2) is 9.55 Å². The van der Waals surface area contributed by atoms with Crippen LogP contribution in [-0.2, 0) is 13.5 Å². The van der Waals surface area contributed by atoms with Crippen LogP contribution in [0.15, 0.2) is 30.6 Å². The molecule has 1 aromatic carbocycles. The van der Waals surface area contributed by atoms with Gasteiger partial charge in [0.25, 0.3) is 0 Å². The lowest BCUT2D eigenvalue weighted by molar-refractivity contribution is 0.629. The molecule has 3 heteroatoms. The van der Waals surface area contributed by atoms with E-state index in [0.29, 0.717) is 0 Å². The summed E-state index contributed by atoms with van der Waals surface area (Å²) in [5.41, 5.74) is 10.2. The van der Waals surface area contributed by atoms with Crippen LogP contribution in [0.25, 0.3) is 0 Å². The molecule has 90 valence electrons. The SMILES string of the molecule is Cc1cccc(C)c1CC(N)c1nccn1C. The van der Waals surface area contributed by atoms with Crippen LogP contribution in [0.4, 0.5) is 0 Å². The van der Waals surface area contributed by atoms with Crippen molar-refractivity contribution in [1.82, 2.24) is 9.55 Å². The molecule has 2 rings (SSSR count). The summed E-state index contributed by atoms with van der Waals surface area (Å²) in [6, 6.07) is 6.30. The molecule has 1 aromatic heterocycles. The fourth-order valence-electron chi connectivity index (χ4n) is 2.22. The Morgan fingerprint density at radius 3 is 2.47 bits per heavy atom. The van der Waals surface area contributed by atoms with Gasteiger partial charge in [0.05, 0.1) is 6.04 Å². The number of rotatable bonds is 3. The lowest BCUT2D eigenvalue weighted by Gasteiger charge is -2.15. The van der Waals surface area contributed by atoms with E-state index in [4.69, 9.17) is 5.73 Å². The number of benzene rings is 1. The first kappa shape index (κ1) is 11.9. The molecular formula is C14H19N3. The summed E-state index contributed by atoms with van der Waals surface area (Å²) in [6.07, 6.45) is 4.56. The lowest BCUT2D eigenvalue weighted by atomic mass is 9.96. The number of aryl methyl sites for hydroxylation is 3. The molecule has 0 radical (unpaired) electrons. The molecule has 0 saturated heterocycles. The number of nitrogens with two attached hydrogens (primary N) is 1. The maximum Gasteiger partial charge on any atom is 0.125 e. The second kappa shape index (κ2) is 4.72. The van der Waals surface area contributed by atoms with Gasteiger partial charge in [0.2, 0.25) is 0 Å². The summed E-state index contributed by atoms with van der Waals surface area (Å²) in [4.78, 5) is 4.31. The number of nitrogens with zero attached hydrogens (tertiary/aromatic N) is 2. The van der Waals surface area contributed by atoms with Gasteiger partial charge in [0, 0.05) is 19.4 Å². The van der Waals surface area contributed by atoms with Crippen molar-refractivity contribution < 1.29 is 0 Å². The van der Waals surface area contributed by atoms with Crippen LogP contribution in [0.5, 0.6) is 0 Å². The average Bonchev–Trinajstić information content (AvgIpc) is 2.70. The summed E-state index contributed by atoms with van der Waals surface area (Å²) >= 11 is 0. The highest BCUT2D eigenvalue weighted by Gasteiger charge is 2.13. The quantitative estimate of drug-likeness (QED) is 0.877. The third-order valence-corrected chi connectivity index (χ3v) is 3.26. The second-order valence-corrected chi connectivity index (χ2v) is 4.58. The van der Waals surface area contributed by atoms with Gasteiger partial charge in [-0.3, -0.25) is 0 Å². The smallest absolute Gasteiger partial charge is 0.125 e. The van der Waals surface area contributed by atoms with Crippen molar-refractivity contribution in [2.24, 2.45) is 12.8 Å². The van der Waals surface area contributed by atoms with Crippen LogP contribution in [0.1, 0.15) is 28.6 Å². The van der Waals surface area contributed by atoms with Gasteiger partial charge in [-0.25, -0.2) is 4.98 Å². The van der Waals surface area contributed by atoms with E-state index < -0.39 is 0 Å². The van der Waals surface area contributed by atoms with Gasteiger partial charge < -0.3 is 10.3 Å². The standard InChI is InChI=1S/C14H19N3/c1-10-5-4-6-11(2)12(10)9-13(15)14-16-7-8-17(14)3/h4-8,13H,9,15H2,1-3H3. The minimum Gasteiger partial charge on any atom is -0.337 e. The van der Waals surface area contributed by atoms with Gasteiger partial charge in [-0.15, -0.1) is 0 Å². The molecule has 1 heterocycles. The van der Waals surface area contributed by atoms with Crippen LogP contribution in [0.3, 0.4) is 0 Å². The Morgan fingerprint density at radius 1 is 1.29 bits per heavy atom. The number of imidazole rings is 1. The molecule has 0 spiro atoms. The molecule has 0 aliphatic carbocycles. The van der Waals surface area contributed by atoms with Crippen molar-refractivity contribution in [1.29, 1.82) is 0 Å². The van der Waals surface area contributed by atoms with E-state index in [1.54, 1.807) is 6.20 Å². The Bertz CT molecular complexity index is 494. The predicted octanol–water partition coefficient (Wildman–Crippen LogP) is 2.28. The van der Waals surface area contributed by atoms with Crippen LogP contribution in [0, 0.1) is 13.8 Å². The van der Waals surface area contributed by atoms with Crippen molar-refractivity contribution in [3.05, 3.63) is 53.1 Å². The van der Waals surface area contributed by atoms with Crippen molar-refractivity contribution in [3.8, 4) is 0 Å². The zero-order valence-corrected chi connectivity index (χ0v) is 10.6. The molecule has 0 saturated carbocycles. The normalized spacial score (nSPS) is 12.7. The Morgan fingerprint density at radius 2 is 1.94 bits per heavy atom. The van der Waals surface area contributed by atoms with Gasteiger partial charge in [-0.2, -0.15) is 0 Å². The van der Waals surface area contributed by atoms with Crippen molar-refractivity contribution in [3.63, 3.8) is 0 Å². The summed E-state index contributed by atoms with van der Waals surface area (Å²) in [5.74, 6) is 0.938. The molecule has 1 unspecified atom stereocenters. The molecule has 2 N–H and O–H groups in total. The monoisotopic (exact) mass is 229 g/mol. The number of aromatic nitrogens is 2. The van der Waals surface area contributed by atoms with E-state index in [-0.39, 0.29) is 6.04 Å². The van der Waals surface area contributed by atoms with Gasteiger partial charge in [-0.05, 0) is 37.0 Å². The molecule has 0 aliphatic heterocycles. The highest BCUT2D eigenvalue weighted by Crippen LogP contribution is 2.20. The zero-order valence-electron chi connectivity index (χ0n) is 10.6. The van der Waals surface area contributed by atoms with E-state index in [0.717, 1.165) is 12.2 Å². The molecule has 0 amide bonds. The molecule has 0 bridgehead atoms. The van der Waals surface area contributed by atoms with E-state index in [9.17, 15) is 0 Å². The van der Waals surface area contributed by atoms with E-state index in [1.807, 2.05) is 17.8 Å². The van der Waals surface area contributed by atoms with E-state index in [2.05, 4.69) is 37.0 Å². The maximum atomic E-state index is 6.23. The predicted molar refractivity (Wildman–Crippen MR) is 69.8 cm³/mol. The van der Waals surface area contributed by atoms with Crippen molar-refractivity contribution in [2.75, 3.05) is 0 Å². The Labute approximate surface area is 102 Å². The van der Waals surface area contributed by atoms with Crippen LogP contribution in [0.2, 0.25) is 0 Å². The fourth-order valence-corrected chi connectivity index (χ4v) is 2.22. The highest BCUT2D eigenvalue weighted by atomic mass is 15.1. The first-order chi connectivity index (χ1) is 8.09. The number of hydrogen-bond acceptors (Lipinski definition) is 2. The van der Waals surface area contributed by atoms with Gasteiger partial charge >= 0.3 is 0 Å². The topological polar surface area (TPSA) is 43.8 Å². The Hall–Kier alpha value is -1.61. The Kier molecular flexibility index (Phi) is 3.29. The van der Waals surface area contributed by atoms with Gasteiger partial charge in [0.1, 0.15) is 5.82 Å². The first-order valence-electron chi connectivity index (χ1n) is 5.87. The molecule has 2 aromatic rings. The summed E-state index contributed by atoms with van der Waals surface area (Å²) in [6.45, 7) is 4.26. The van der Waals surface area contributed by atoms with Crippen LogP contribution < -0.4 is 5.73 Å². The number of hydrogen-bond donors (Lipinski definition) is 1. The third-order valence-electron chi connectivity index (χ3n) is 3.26. The molecule has 0 fully saturated rings. The molecule has 1 atom stereocenters. The maximum absolute atomic E-state index is 6.23. The average molecular weight is 229 g/mol. The van der Waals surface area contributed by atoms with E-state index >= 15 is 0 Å². The fraction of sp³-hybridized carbons (Fsp3) is 0.357. The largest absolute Gasteiger partial charge is 0.337 e. The minimum absolute atomic E-state index is 0.0465. The summed E-state index contributed by atoms with van der Waals surface area (Å²) in [7, 11) is 1.98. The second-order valence-electron chi connectivity index (χ2n) is 4.58. The lowest BCUT2D eigenvalue weighted by Crippen LogP contribution is -2.18. The first-order valence-corrected chi connectivity index (χ1v) is 5.87. The van der Waals surface area contributed by atoms with Crippen molar-refractivity contribution >= 4 is 0 Å². The Balaban J connectivity index is 2.25. The summed E-state index contributed by atoms with van der Waals surface area (Å²) in [5, 5.41) is 0. The summed E-state index contributed by atoms with van der Waals surface area (Å²) < 4.78 is 1.98. The third kappa shape index (κ3) is 2.39. The molecule has 3 nitrogen and oxygen atoms in total.